The Hall–Kier alpha value is -1.40. The molecule has 2 atom stereocenters. The number of nitrogens with one attached hydrogen (secondary N) is 1. The highest BCUT2D eigenvalue weighted by atomic mass is 16.5. The summed E-state index contributed by atoms with van der Waals surface area (Å²) in [5.74, 6) is 1.64. The van der Waals surface area contributed by atoms with Crippen LogP contribution in [-0.2, 0) is 22.6 Å². The number of hydrogen-bond acceptors (Lipinski definition) is 4. The Morgan fingerprint density at radius 3 is 2.78 bits per heavy atom. The first-order valence-electron chi connectivity index (χ1n) is 10.8. The Bertz CT molecular complexity index is 703. The van der Waals surface area contributed by atoms with Gasteiger partial charge in [0.2, 0.25) is 5.91 Å². The predicted molar refractivity (Wildman–Crippen MR) is 102 cm³/mol. The van der Waals surface area contributed by atoms with Crippen LogP contribution in [0.3, 0.4) is 0 Å². The fourth-order valence-corrected chi connectivity index (χ4v) is 5.73. The number of amides is 1. The van der Waals surface area contributed by atoms with Crippen molar-refractivity contribution in [2.75, 3.05) is 26.3 Å². The van der Waals surface area contributed by atoms with Crippen molar-refractivity contribution in [2.24, 2.45) is 16.7 Å². The van der Waals surface area contributed by atoms with E-state index in [1.807, 2.05) is 12.4 Å². The number of carbonyl (C=O) groups excluding carboxylic acids is 1. The van der Waals surface area contributed by atoms with Gasteiger partial charge in [-0.25, -0.2) is 4.98 Å². The van der Waals surface area contributed by atoms with Crippen molar-refractivity contribution in [3.8, 4) is 0 Å². The Labute approximate surface area is 161 Å². The van der Waals surface area contributed by atoms with Crippen LogP contribution in [0.1, 0.15) is 51.3 Å². The largest absolute Gasteiger partial charge is 0.381 e. The molecule has 2 aliphatic heterocycles. The maximum absolute atomic E-state index is 13.6. The lowest BCUT2D eigenvalue weighted by molar-refractivity contribution is -0.136. The smallest absolute Gasteiger partial charge is 0.226 e. The second kappa shape index (κ2) is 6.59. The lowest BCUT2D eigenvalue weighted by Crippen LogP contribution is -2.41. The van der Waals surface area contributed by atoms with Crippen LogP contribution < -0.4 is 5.32 Å². The molecule has 0 radical (unpaired) electrons. The molecule has 4 aliphatic rings. The minimum Gasteiger partial charge on any atom is -0.381 e. The number of imidazole rings is 1. The van der Waals surface area contributed by atoms with Crippen molar-refractivity contribution >= 4 is 5.91 Å². The zero-order valence-electron chi connectivity index (χ0n) is 16.5. The molecule has 0 unspecified atom stereocenters. The van der Waals surface area contributed by atoms with Crippen molar-refractivity contribution in [1.82, 2.24) is 19.8 Å². The maximum Gasteiger partial charge on any atom is 0.226 e. The SMILES string of the molecule is CCn1ccnc1CN(C(=O)[C@@H]1CC12CCOCC2)[C@H]1CC12CCNCC2. The van der Waals surface area contributed by atoms with E-state index in [0.717, 1.165) is 57.9 Å². The molecule has 1 aromatic rings. The van der Waals surface area contributed by atoms with Crippen LogP contribution in [0.2, 0.25) is 0 Å². The summed E-state index contributed by atoms with van der Waals surface area (Å²) < 4.78 is 7.73. The average molecular weight is 373 g/mol. The number of nitrogens with zero attached hydrogens (tertiary/aromatic N) is 3. The van der Waals surface area contributed by atoms with Gasteiger partial charge in [-0.3, -0.25) is 4.79 Å². The molecule has 0 bridgehead atoms. The average Bonchev–Trinajstić information content (AvgIpc) is 3.51. The quantitative estimate of drug-likeness (QED) is 0.861. The van der Waals surface area contributed by atoms with Crippen LogP contribution >= 0.6 is 0 Å². The van der Waals surface area contributed by atoms with E-state index in [4.69, 9.17) is 4.74 Å². The second-order valence-electron chi connectivity index (χ2n) is 9.16. The Balaban J connectivity index is 1.36. The number of ether oxygens (including phenoxy) is 1. The fourth-order valence-electron chi connectivity index (χ4n) is 5.73. The first-order chi connectivity index (χ1) is 13.2. The van der Waals surface area contributed by atoms with Crippen molar-refractivity contribution in [2.45, 2.75) is 64.6 Å². The first kappa shape index (κ1) is 17.7. The van der Waals surface area contributed by atoms with E-state index >= 15 is 0 Å². The minimum atomic E-state index is 0.214. The third-order valence-electron chi connectivity index (χ3n) is 7.84. The Morgan fingerprint density at radius 2 is 2.04 bits per heavy atom. The molecule has 2 saturated carbocycles. The first-order valence-corrected chi connectivity index (χ1v) is 10.8. The summed E-state index contributed by atoms with van der Waals surface area (Å²) in [5, 5.41) is 3.48. The Kier molecular flexibility index (Phi) is 4.32. The zero-order valence-corrected chi connectivity index (χ0v) is 16.5. The van der Waals surface area contributed by atoms with E-state index in [-0.39, 0.29) is 11.3 Å². The lowest BCUT2D eigenvalue weighted by atomic mass is 9.92. The van der Waals surface area contributed by atoms with Gasteiger partial charge in [0.05, 0.1) is 6.54 Å². The van der Waals surface area contributed by atoms with Crippen LogP contribution in [0.4, 0.5) is 0 Å². The van der Waals surface area contributed by atoms with Crippen LogP contribution in [0.15, 0.2) is 12.4 Å². The molecule has 2 spiro atoms. The molecule has 6 nitrogen and oxygen atoms in total. The maximum atomic E-state index is 13.6. The number of carbonyl (C=O) groups is 1. The van der Waals surface area contributed by atoms with Crippen molar-refractivity contribution < 1.29 is 9.53 Å². The van der Waals surface area contributed by atoms with Crippen LogP contribution in [0, 0.1) is 16.7 Å². The van der Waals surface area contributed by atoms with E-state index in [9.17, 15) is 4.79 Å². The zero-order chi connectivity index (χ0) is 18.5. The number of rotatable bonds is 5. The molecule has 2 aliphatic carbocycles. The predicted octanol–water partition coefficient (Wildman–Crippen LogP) is 2.19. The summed E-state index contributed by atoms with van der Waals surface area (Å²) in [5.41, 5.74) is 0.603. The summed E-state index contributed by atoms with van der Waals surface area (Å²) in [7, 11) is 0. The number of aromatic nitrogens is 2. The molecule has 148 valence electrons. The van der Waals surface area contributed by atoms with Gasteiger partial charge in [0, 0.05) is 44.1 Å². The highest BCUT2D eigenvalue weighted by Gasteiger charge is 2.63. The molecule has 6 heteroatoms. The molecule has 27 heavy (non-hydrogen) atoms. The fraction of sp³-hybridized carbons (Fsp3) is 0.810. The van der Waals surface area contributed by atoms with E-state index in [1.165, 1.54) is 19.3 Å². The molecular weight excluding hydrogens is 340 g/mol. The topological polar surface area (TPSA) is 59.4 Å². The van der Waals surface area contributed by atoms with E-state index in [2.05, 4.69) is 26.7 Å². The Morgan fingerprint density at radius 1 is 1.26 bits per heavy atom. The molecule has 1 N–H and O–H groups in total. The van der Waals surface area contributed by atoms with Gasteiger partial charge in [-0.1, -0.05) is 0 Å². The van der Waals surface area contributed by atoms with Gasteiger partial charge in [-0.2, -0.15) is 0 Å². The van der Waals surface area contributed by atoms with Crippen molar-refractivity contribution in [3.63, 3.8) is 0 Å². The van der Waals surface area contributed by atoms with Gasteiger partial charge in [-0.05, 0) is 69.4 Å². The summed E-state index contributed by atoms with van der Waals surface area (Å²) >= 11 is 0. The molecule has 5 rings (SSSR count). The normalized spacial score (nSPS) is 30.4. The highest BCUT2D eigenvalue weighted by molar-refractivity contribution is 5.83. The van der Waals surface area contributed by atoms with Crippen molar-refractivity contribution in [3.05, 3.63) is 18.2 Å². The van der Waals surface area contributed by atoms with Crippen LogP contribution in [0.25, 0.3) is 0 Å². The van der Waals surface area contributed by atoms with E-state index in [1.54, 1.807) is 0 Å². The van der Waals surface area contributed by atoms with Gasteiger partial charge in [-0.15, -0.1) is 0 Å². The van der Waals surface area contributed by atoms with Gasteiger partial charge in [0.25, 0.3) is 0 Å². The number of hydrogen-bond donors (Lipinski definition) is 1. The summed E-state index contributed by atoms with van der Waals surface area (Å²) in [6, 6.07) is 0.409. The minimum absolute atomic E-state index is 0.214. The van der Waals surface area contributed by atoms with Gasteiger partial charge in [0.15, 0.2) is 0 Å². The van der Waals surface area contributed by atoms with Crippen LogP contribution in [0.5, 0.6) is 0 Å². The number of piperidine rings is 1. The van der Waals surface area contributed by atoms with Gasteiger partial charge < -0.3 is 19.5 Å². The van der Waals surface area contributed by atoms with Crippen LogP contribution in [-0.4, -0.2) is 52.7 Å². The molecule has 3 heterocycles. The molecule has 4 fully saturated rings. The lowest BCUT2D eigenvalue weighted by Gasteiger charge is -2.31. The highest BCUT2D eigenvalue weighted by Crippen LogP contribution is 2.62. The molecule has 1 aromatic heterocycles. The van der Waals surface area contributed by atoms with Crippen molar-refractivity contribution in [1.29, 1.82) is 0 Å². The second-order valence-corrected chi connectivity index (χ2v) is 9.16. The molecular formula is C21H32N4O2. The molecule has 1 amide bonds. The monoisotopic (exact) mass is 372 g/mol. The third kappa shape index (κ3) is 3.01. The molecule has 2 saturated heterocycles. The van der Waals surface area contributed by atoms with E-state index < -0.39 is 0 Å². The van der Waals surface area contributed by atoms with E-state index in [0.29, 0.717) is 23.9 Å². The number of aryl methyl sites for hydroxylation is 1. The summed E-state index contributed by atoms with van der Waals surface area (Å²) in [6.45, 7) is 7.54. The molecule has 0 aromatic carbocycles. The standard InChI is InChI=1S/C21H32N4O2/c1-2-24-10-9-23-18(24)15-25(17-14-21(17)3-7-22-8-4-21)19(26)16-13-20(16)5-11-27-12-6-20/h9-10,16-17,22H,2-8,11-15H2,1H3/t16-,17-/m0/s1. The third-order valence-corrected chi connectivity index (χ3v) is 7.84. The summed E-state index contributed by atoms with van der Waals surface area (Å²) in [6.07, 6.45) is 10.7. The summed E-state index contributed by atoms with van der Waals surface area (Å²) in [4.78, 5) is 20.4. The van der Waals surface area contributed by atoms with Gasteiger partial charge in [0.1, 0.15) is 5.82 Å². The van der Waals surface area contributed by atoms with Gasteiger partial charge >= 0.3 is 0 Å².